The van der Waals surface area contributed by atoms with Crippen LogP contribution in [0.4, 0.5) is 19.3 Å². The maximum Gasteiger partial charge on any atom is 0.410 e. The van der Waals surface area contributed by atoms with E-state index in [2.05, 4.69) is 9.62 Å². The number of fused-ring (bicyclic) bond motifs is 1. The molecule has 0 aromatic heterocycles. The van der Waals surface area contributed by atoms with Crippen LogP contribution < -0.4 is 9.62 Å². The highest BCUT2D eigenvalue weighted by atomic mass is 32.2. The van der Waals surface area contributed by atoms with Gasteiger partial charge in [-0.1, -0.05) is 36.4 Å². The number of carbonyl (C=O) groups is 1. The monoisotopic (exact) mass is 531 g/mol. The molecule has 0 bridgehead atoms. The number of nitrogens with zero attached hydrogens (tertiary/aromatic N) is 2. The molecule has 1 saturated heterocycles. The summed E-state index contributed by atoms with van der Waals surface area (Å²) in [6.45, 7) is 7.90. The molecule has 10 heteroatoms. The molecule has 0 unspecified atom stereocenters. The Balaban J connectivity index is 1.46. The van der Waals surface area contributed by atoms with E-state index in [1.807, 2.05) is 57.2 Å². The van der Waals surface area contributed by atoms with Gasteiger partial charge in [0, 0.05) is 43.8 Å². The van der Waals surface area contributed by atoms with E-state index in [-0.39, 0.29) is 12.6 Å². The molecule has 0 aliphatic carbocycles. The Morgan fingerprint density at radius 2 is 1.54 bits per heavy atom. The number of hydrogen-bond donors (Lipinski definition) is 1. The van der Waals surface area contributed by atoms with Crippen molar-refractivity contribution in [2.45, 2.75) is 37.7 Å². The molecule has 0 radical (unpaired) electrons. The summed E-state index contributed by atoms with van der Waals surface area (Å²) in [6.07, 6.45) is 0.0211. The molecule has 1 amide bonds. The fourth-order valence-corrected chi connectivity index (χ4v) is 5.59. The minimum Gasteiger partial charge on any atom is -0.444 e. The van der Waals surface area contributed by atoms with Gasteiger partial charge in [0.05, 0.1) is 0 Å². The summed E-state index contributed by atoms with van der Waals surface area (Å²) >= 11 is 0. The molecule has 198 valence electrons. The number of nitrogens with one attached hydrogen (secondary N) is 1. The number of benzene rings is 3. The van der Waals surface area contributed by atoms with Gasteiger partial charge < -0.3 is 14.5 Å². The third-order valence-corrected chi connectivity index (χ3v) is 7.65. The Morgan fingerprint density at radius 1 is 0.919 bits per heavy atom. The molecule has 7 nitrogen and oxygen atoms in total. The topological polar surface area (TPSA) is 79.0 Å². The summed E-state index contributed by atoms with van der Waals surface area (Å²) in [4.78, 5) is 15.4. The minimum absolute atomic E-state index is 0.0198. The second-order valence-corrected chi connectivity index (χ2v) is 11.6. The van der Waals surface area contributed by atoms with E-state index in [4.69, 9.17) is 4.74 Å². The Hall–Kier alpha value is -3.24. The van der Waals surface area contributed by atoms with Crippen molar-refractivity contribution in [3.8, 4) is 0 Å². The molecule has 1 heterocycles. The Labute approximate surface area is 216 Å². The highest BCUT2D eigenvalue weighted by molar-refractivity contribution is 7.89. The van der Waals surface area contributed by atoms with Gasteiger partial charge in [-0.15, -0.1) is 0 Å². The molecule has 37 heavy (non-hydrogen) atoms. The van der Waals surface area contributed by atoms with Crippen molar-refractivity contribution in [1.29, 1.82) is 0 Å². The summed E-state index contributed by atoms with van der Waals surface area (Å²) in [5.74, 6) is -2.26. The fourth-order valence-electron chi connectivity index (χ4n) is 4.43. The zero-order valence-corrected chi connectivity index (χ0v) is 21.9. The number of sulfonamides is 1. The van der Waals surface area contributed by atoms with Gasteiger partial charge in [0.15, 0.2) is 4.90 Å². The molecule has 3 aromatic carbocycles. The highest BCUT2D eigenvalue weighted by Crippen LogP contribution is 2.31. The highest BCUT2D eigenvalue weighted by Gasteiger charge is 2.27. The van der Waals surface area contributed by atoms with Crippen LogP contribution >= 0.6 is 0 Å². The van der Waals surface area contributed by atoms with Gasteiger partial charge in [0.2, 0.25) is 10.0 Å². The first-order chi connectivity index (χ1) is 17.5. The van der Waals surface area contributed by atoms with Crippen LogP contribution in [0.3, 0.4) is 0 Å². The van der Waals surface area contributed by atoms with Crippen molar-refractivity contribution in [1.82, 2.24) is 9.62 Å². The Kier molecular flexibility index (Phi) is 7.70. The van der Waals surface area contributed by atoms with Gasteiger partial charge in [-0.05, 0) is 56.3 Å². The number of anilines is 1. The summed E-state index contributed by atoms with van der Waals surface area (Å²) in [5.41, 5.74) is 1.39. The lowest BCUT2D eigenvalue weighted by Gasteiger charge is -2.37. The molecule has 0 saturated carbocycles. The third kappa shape index (κ3) is 6.19. The average Bonchev–Trinajstić information content (AvgIpc) is 2.83. The summed E-state index contributed by atoms with van der Waals surface area (Å²) in [6, 6.07) is 14.7. The van der Waals surface area contributed by atoms with Gasteiger partial charge in [-0.25, -0.2) is 26.7 Å². The molecule has 0 atom stereocenters. The van der Waals surface area contributed by atoms with Gasteiger partial charge in [-0.3, -0.25) is 0 Å². The summed E-state index contributed by atoms with van der Waals surface area (Å²) in [7, 11) is -4.34. The number of piperazine rings is 1. The molecule has 0 spiro atoms. The van der Waals surface area contributed by atoms with E-state index in [1.165, 1.54) is 0 Å². The van der Waals surface area contributed by atoms with Crippen LogP contribution in [0.5, 0.6) is 0 Å². The maximum atomic E-state index is 14.0. The second-order valence-electron chi connectivity index (χ2n) is 9.94. The molecule has 1 aliphatic heterocycles. The number of hydrogen-bond acceptors (Lipinski definition) is 5. The predicted octanol–water partition coefficient (Wildman–Crippen LogP) is 4.70. The van der Waals surface area contributed by atoms with E-state index in [1.54, 1.807) is 4.90 Å². The third-order valence-electron chi connectivity index (χ3n) is 6.14. The molecular formula is C27H31F2N3O4S. The van der Waals surface area contributed by atoms with Gasteiger partial charge in [-0.2, -0.15) is 0 Å². The number of carbonyl (C=O) groups excluding carboxylic acids is 1. The average molecular weight is 532 g/mol. The first-order valence-electron chi connectivity index (χ1n) is 12.1. The van der Waals surface area contributed by atoms with E-state index in [0.717, 1.165) is 40.2 Å². The summed E-state index contributed by atoms with van der Waals surface area (Å²) in [5, 5.41) is 1.97. The lowest BCUT2D eigenvalue weighted by atomic mass is 10.00. The SMILES string of the molecule is CC(C)(C)OC(=O)N1CCN(c2ccc(CCNS(=O)(=O)c3c(F)cccc3F)c3ccccc23)CC1. The van der Waals surface area contributed by atoms with Crippen molar-refractivity contribution >= 4 is 32.6 Å². The number of amides is 1. The van der Waals surface area contributed by atoms with Crippen LogP contribution in [0.2, 0.25) is 0 Å². The lowest BCUT2D eigenvalue weighted by molar-refractivity contribution is 0.0240. The molecule has 1 fully saturated rings. The molecule has 1 aliphatic rings. The normalized spacial score (nSPS) is 14.7. The van der Waals surface area contributed by atoms with E-state index >= 15 is 0 Å². The van der Waals surface area contributed by atoms with Crippen molar-refractivity contribution in [2.75, 3.05) is 37.6 Å². The second kappa shape index (κ2) is 10.6. The van der Waals surface area contributed by atoms with Crippen LogP contribution in [0.1, 0.15) is 26.3 Å². The van der Waals surface area contributed by atoms with Crippen LogP contribution in [0.15, 0.2) is 59.5 Å². The standard InChI is InChI=1S/C27H31F2N3O4S/c1-27(2,3)36-26(33)32-17-15-31(16-18-32)24-12-11-19(20-7-4-5-8-21(20)24)13-14-30-37(34,35)25-22(28)9-6-10-23(25)29/h4-12,30H,13-18H2,1-3H3. The number of rotatable bonds is 6. The van der Waals surface area contributed by atoms with Gasteiger partial charge >= 0.3 is 6.09 Å². The van der Waals surface area contributed by atoms with Crippen molar-refractivity contribution in [3.63, 3.8) is 0 Å². The molecule has 3 aromatic rings. The van der Waals surface area contributed by atoms with Crippen LogP contribution in [-0.4, -0.2) is 57.7 Å². The first-order valence-corrected chi connectivity index (χ1v) is 13.6. The van der Waals surface area contributed by atoms with Gasteiger partial charge in [0.1, 0.15) is 17.2 Å². The first kappa shape index (κ1) is 26.8. The Bertz CT molecular complexity index is 1380. The quantitative estimate of drug-likeness (QED) is 0.499. The maximum absolute atomic E-state index is 14.0. The smallest absolute Gasteiger partial charge is 0.410 e. The van der Waals surface area contributed by atoms with E-state index < -0.39 is 32.2 Å². The number of halogens is 2. The van der Waals surface area contributed by atoms with Crippen LogP contribution in [-0.2, 0) is 21.2 Å². The van der Waals surface area contributed by atoms with Crippen molar-refractivity contribution < 1.29 is 26.7 Å². The van der Waals surface area contributed by atoms with E-state index in [9.17, 15) is 22.0 Å². The molecule has 1 N–H and O–H groups in total. The Morgan fingerprint density at radius 3 is 2.16 bits per heavy atom. The van der Waals surface area contributed by atoms with Crippen molar-refractivity contribution in [3.05, 3.63) is 71.8 Å². The summed E-state index contributed by atoms with van der Waals surface area (Å²) < 4.78 is 60.8. The predicted molar refractivity (Wildman–Crippen MR) is 139 cm³/mol. The lowest BCUT2D eigenvalue weighted by Crippen LogP contribution is -2.50. The fraction of sp³-hybridized carbons (Fsp3) is 0.370. The molecular weight excluding hydrogens is 500 g/mol. The zero-order chi connectivity index (χ0) is 26.8. The zero-order valence-electron chi connectivity index (χ0n) is 21.1. The minimum atomic E-state index is -4.34. The largest absolute Gasteiger partial charge is 0.444 e. The molecule has 4 rings (SSSR count). The van der Waals surface area contributed by atoms with Crippen LogP contribution in [0.25, 0.3) is 10.8 Å². The van der Waals surface area contributed by atoms with E-state index in [0.29, 0.717) is 32.6 Å². The number of ether oxygens (including phenoxy) is 1. The van der Waals surface area contributed by atoms with Crippen molar-refractivity contribution in [2.24, 2.45) is 0 Å². The van der Waals surface area contributed by atoms with Gasteiger partial charge in [0.25, 0.3) is 0 Å². The van der Waals surface area contributed by atoms with Crippen LogP contribution in [0, 0.1) is 11.6 Å².